The molecule has 0 aliphatic rings. The number of hydrogen-bond acceptors (Lipinski definition) is 5. The zero-order chi connectivity index (χ0) is 18.2. The molecule has 0 atom stereocenters. The molecule has 0 bridgehead atoms. The molecule has 2 aromatic rings. The third-order valence-electron chi connectivity index (χ3n) is 3.56. The van der Waals surface area contributed by atoms with Crippen LogP contribution in [0.5, 0.6) is 5.75 Å². The molecule has 0 radical (unpaired) electrons. The lowest BCUT2D eigenvalue weighted by Crippen LogP contribution is -2.17. The van der Waals surface area contributed by atoms with Crippen molar-refractivity contribution in [2.45, 2.75) is 26.7 Å². The summed E-state index contributed by atoms with van der Waals surface area (Å²) in [6, 6.07) is 7.51. The van der Waals surface area contributed by atoms with Crippen molar-refractivity contribution >= 4 is 11.7 Å². The third kappa shape index (κ3) is 4.37. The number of rotatable bonds is 8. The van der Waals surface area contributed by atoms with Gasteiger partial charge in [0.25, 0.3) is 0 Å². The maximum atomic E-state index is 6.11. The highest BCUT2D eigenvalue weighted by Gasteiger charge is 2.23. The van der Waals surface area contributed by atoms with E-state index in [4.69, 9.17) is 20.7 Å². The lowest BCUT2D eigenvalue weighted by molar-refractivity contribution is 0.411. The Kier molecular flexibility index (Phi) is 6.56. The minimum absolute atomic E-state index is 0.301. The Morgan fingerprint density at radius 2 is 1.64 bits per heavy atom. The van der Waals surface area contributed by atoms with Gasteiger partial charge in [0.15, 0.2) is 11.5 Å². The first kappa shape index (κ1) is 18.5. The van der Waals surface area contributed by atoms with Crippen LogP contribution in [0.1, 0.15) is 38.1 Å². The van der Waals surface area contributed by atoms with Crippen LogP contribution < -0.4 is 16.2 Å². The summed E-state index contributed by atoms with van der Waals surface area (Å²) >= 11 is 0. The number of methoxy groups -OCH3 is 1. The fourth-order valence-corrected chi connectivity index (χ4v) is 2.28. The molecular weight excluding hydrogens is 318 g/mol. The van der Waals surface area contributed by atoms with Crippen molar-refractivity contribution in [1.82, 2.24) is 5.16 Å². The lowest BCUT2D eigenvalue weighted by Gasteiger charge is -2.06. The number of aliphatic imine (C=N–C) groups is 2. The van der Waals surface area contributed by atoms with Gasteiger partial charge in [-0.2, -0.15) is 0 Å². The Hall–Kier alpha value is -2.83. The van der Waals surface area contributed by atoms with Gasteiger partial charge in [0, 0.05) is 13.1 Å². The van der Waals surface area contributed by atoms with E-state index in [1.807, 2.05) is 38.1 Å². The van der Waals surface area contributed by atoms with Gasteiger partial charge in [-0.05, 0) is 30.5 Å². The van der Waals surface area contributed by atoms with Gasteiger partial charge >= 0.3 is 0 Å². The summed E-state index contributed by atoms with van der Waals surface area (Å²) in [5.41, 5.74) is 14.2. The van der Waals surface area contributed by atoms with Crippen LogP contribution in [0.15, 0.2) is 38.8 Å². The molecule has 4 N–H and O–H groups in total. The fraction of sp³-hybridized carbons (Fsp3) is 0.389. The minimum atomic E-state index is 0.301. The molecule has 7 nitrogen and oxygen atoms in total. The molecule has 0 amide bonds. The Balaban J connectivity index is 2.56. The maximum absolute atomic E-state index is 6.11. The van der Waals surface area contributed by atoms with Gasteiger partial charge in [-0.1, -0.05) is 31.1 Å². The van der Waals surface area contributed by atoms with Crippen LogP contribution in [0.2, 0.25) is 0 Å². The van der Waals surface area contributed by atoms with Crippen LogP contribution in [-0.2, 0) is 0 Å². The predicted octanol–water partition coefficient (Wildman–Crippen LogP) is 2.58. The van der Waals surface area contributed by atoms with Crippen molar-refractivity contribution < 1.29 is 9.26 Å². The lowest BCUT2D eigenvalue weighted by atomic mass is 10.0. The van der Waals surface area contributed by atoms with Gasteiger partial charge in [0.1, 0.15) is 11.6 Å². The van der Waals surface area contributed by atoms with Gasteiger partial charge < -0.3 is 20.7 Å². The van der Waals surface area contributed by atoms with E-state index in [2.05, 4.69) is 15.1 Å². The molecular formula is C18H25N5O2. The summed E-state index contributed by atoms with van der Waals surface area (Å²) in [6.45, 7) is 5.30. The second-order valence-corrected chi connectivity index (χ2v) is 5.50. The molecule has 1 heterocycles. The van der Waals surface area contributed by atoms with E-state index < -0.39 is 0 Å². The van der Waals surface area contributed by atoms with Gasteiger partial charge in [-0.15, -0.1) is 0 Å². The van der Waals surface area contributed by atoms with Crippen LogP contribution in [0.4, 0.5) is 0 Å². The highest BCUT2D eigenvalue weighted by atomic mass is 16.5. The molecule has 134 valence electrons. The first-order valence-corrected chi connectivity index (χ1v) is 8.37. The van der Waals surface area contributed by atoms with Gasteiger partial charge in [-0.25, -0.2) is 0 Å². The monoisotopic (exact) mass is 343 g/mol. The largest absolute Gasteiger partial charge is 0.497 e. The first-order valence-electron chi connectivity index (χ1n) is 8.37. The summed E-state index contributed by atoms with van der Waals surface area (Å²) in [5.74, 6) is 1.78. The zero-order valence-electron chi connectivity index (χ0n) is 15.0. The molecule has 7 heteroatoms. The molecule has 0 saturated heterocycles. The van der Waals surface area contributed by atoms with Gasteiger partial charge in [-0.3, -0.25) is 9.98 Å². The molecule has 0 fully saturated rings. The zero-order valence-corrected chi connectivity index (χ0v) is 15.0. The Labute approximate surface area is 147 Å². The summed E-state index contributed by atoms with van der Waals surface area (Å²) in [4.78, 5) is 8.66. The molecule has 0 unspecified atom stereocenters. The van der Waals surface area contributed by atoms with Crippen LogP contribution in [-0.4, -0.2) is 37.0 Å². The third-order valence-corrected chi connectivity index (χ3v) is 3.56. The molecule has 0 aliphatic carbocycles. The Bertz CT molecular complexity index is 708. The van der Waals surface area contributed by atoms with E-state index in [0.717, 1.165) is 24.2 Å². The summed E-state index contributed by atoms with van der Waals surface area (Å²) < 4.78 is 10.7. The summed E-state index contributed by atoms with van der Waals surface area (Å²) in [5, 5.41) is 4.09. The average Bonchev–Trinajstić information content (AvgIpc) is 3.09. The second kappa shape index (κ2) is 8.86. The highest BCUT2D eigenvalue weighted by molar-refractivity contribution is 6.08. The molecule has 2 rings (SSSR count). The first-order chi connectivity index (χ1) is 12.1. The smallest absolute Gasteiger partial charge is 0.209 e. The van der Waals surface area contributed by atoms with E-state index in [1.165, 1.54) is 0 Å². The standard InChI is InChI=1S/C18H25N5O2/c1-4-10-21-17(19)15-14(12-6-8-13(24-3)9-7-12)16(25-23-15)18(20)22-11-5-2/h6-9H,4-5,10-11H2,1-3H3,(H2,19,21)(H2,20,22). The van der Waals surface area contributed by atoms with Crippen LogP contribution in [0, 0.1) is 0 Å². The SMILES string of the molecule is CCCN=C(N)c1noc(C(N)=NCCC)c1-c1ccc(OC)cc1. The molecule has 0 spiro atoms. The van der Waals surface area contributed by atoms with Gasteiger partial charge in [0.05, 0.1) is 12.7 Å². The maximum Gasteiger partial charge on any atom is 0.209 e. The van der Waals surface area contributed by atoms with Crippen molar-refractivity contribution in [2.24, 2.45) is 21.5 Å². The topological polar surface area (TPSA) is 112 Å². The summed E-state index contributed by atoms with van der Waals surface area (Å²) in [7, 11) is 1.62. The quantitative estimate of drug-likeness (QED) is 0.565. The van der Waals surface area contributed by atoms with Crippen LogP contribution >= 0.6 is 0 Å². The number of nitrogens with two attached hydrogens (primary N) is 2. The Morgan fingerprint density at radius 3 is 2.20 bits per heavy atom. The molecule has 1 aromatic heterocycles. The van der Waals surface area contributed by atoms with Crippen molar-refractivity contribution in [3.63, 3.8) is 0 Å². The average molecular weight is 343 g/mol. The van der Waals surface area contributed by atoms with Crippen molar-refractivity contribution in [1.29, 1.82) is 0 Å². The number of hydrogen-bond donors (Lipinski definition) is 2. The molecule has 0 saturated carbocycles. The second-order valence-electron chi connectivity index (χ2n) is 5.50. The predicted molar refractivity (Wildman–Crippen MR) is 100 cm³/mol. The Morgan fingerprint density at radius 1 is 1.04 bits per heavy atom. The van der Waals surface area contributed by atoms with E-state index in [0.29, 0.717) is 41.8 Å². The van der Waals surface area contributed by atoms with Gasteiger partial charge in [0.2, 0.25) is 5.76 Å². The van der Waals surface area contributed by atoms with Crippen molar-refractivity contribution in [3.8, 4) is 16.9 Å². The molecule has 1 aromatic carbocycles. The minimum Gasteiger partial charge on any atom is -0.497 e. The fourth-order valence-electron chi connectivity index (χ4n) is 2.28. The number of benzene rings is 1. The van der Waals surface area contributed by atoms with E-state index in [9.17, 15) is 0 Å². The van der Waals surface area contributed by atoms with Crippen molar-refractivity contribution in [3.05, 3.63) is 35.7 Å². The normalized spacial score (nSPS) is 12.4. The van der Waals surface area contributed by atoms with E-state index >= 15 is 0 Å². The van der Waals surface area contributed by atoms with Crippen molar-refractivity contribution in [2.75, 3.05) is 20.2 Å². The number of amidine groups is 2. The van der Waals surface area contributed by atoms with E-state index in [-0.39, 0.29) is 0 Å². The van der Waals surface area contributed by atoms with Crippen LogP contribution in [0.3, 0.4) is 0 Å². The summed E-state index contributed by atoms with van der Waals surface area (Å²) in [6.07, 6.45) is 1.78. The number of ether oxygens (including phenoxy) is 1. The number of nitrogens with zero attached hydrogens (tertiary/aromatic N) is 3. The molecule has 25 heavy (non-hydrogen) atoms. The molecule has 0 aliphatic heterocycles. The van der Waals surface area contributed by atoms with Crippen LogP contribution in [0.25, 0.3) is 11.1 Å². The number of aromatic nitrogens is 1. The van der Waals surface area contributed by atoms with E-state index in [1.54, 1.807) is 7.11 Å². The highest BCUT2D eigenvalue weighted by Crippen LogP contribution is 2.29.